The zero-order valence-electron chi connectivity index (χ0n) is 11.2. The van der Waals surface area contributed by atoms with Crippen molar-refractivity contribution in [2.24, 2.45) is 0 Å². The summed E-state index contributed by atoms with van der Waals surface area (Å²) in [5, 5.41) is 13.7. The first kappa shape index (κ1) is 10.9. The molecular weight excluding hydrogens is 234 g/mol. The van der Waals surface area contributed by atoms with Crippen molar-refractivity contribution in [3.8, 4) is 5.75 Å². The van der Waals surface area contributed by atoms with Crippen molar-refractivity contribution in [3.63, 3.8) is 0 Å². The highest BCUT2D eigenvalue weighted by Gasteiger charge is 2.40. The van der Waals surface area contributed by atoms with Gasteiger partial charge in [0.1, 0.15) is 5.75 Å². The molecule has 0 saturated carbocycles. The van der Waals surface area contributed by atoms with Crippen LogP contribution in [0.3, 0.4) is 0 Å². The summed E-state index contributed by atoms with van der Waals surface area (Å²) in [5.74, 6) is 0.913. The number of aryl methyl sites for hydroxylation is 1. The van der Waals surface area contributed by atoms with E-state index in [9.17, 15) is 5.11 Å². The van der Waals surface area contributed by atoms with Crippen LogP contribution in [0.25, 0.3) is 0 Å². The summed E-state index contributed by atoms with van der Waals surface area (Å²) in [6, 6.07) is 11.2. The Hall–Kier alpha value is -1.96. The molecule has 0 aromatic heterocycles. The lowest BCUT2D eigenvalue weighted by Gasteiger charge is -2.14. The van der Waals surface area contributed by atoms with Crippen LogP contribution in [-0.2, 0) is 6.42 Å². The molecule has 4 rings (SSSR count). The molecule has 0 fully saturated rings. The van der Waals surface area contributed by atoms with Crippen LogP contribution in [0.2, 0.25) is 0 Å². The Balaban J connectivity index is 1.95. The molecule has 1 aliphatic carbocycles. The number of phenolic OH excluding ortho intramolecular Hbond substituents is 1. The molecule has 1 aliphatic heterocycles. The van der Waals surface area contributed by atoms with E-state index in [4.69, 9.17) is 0 Å². The molecule has 2 unspecified atom stereocenters. The van der Waals surface area contributed by atoms with Gasteiger partial charge in [0.15, 0.2) is 0 Å². The van der Waals surface area contributed by atoms with Gasteiger partial charge in [0.05, 0.1) is 0 Å². The number of anilines is 1. The van der Waals surface area contributed by atoms with Crippen LogP contribution >= 0.6 is 0 Å². The van der Waals surface area contributed by atoms with Crippen molar-refractivity contribution >= 4 is 5.69 Å². The molecule has 2 heteroatoms. The van der Waals surface area contributed by atoms with Crippen molar-refractivity contribution in [2.45, 2.75) is 32.2 Å². The first-order chi connectivity index (χ1) is 9.16. The second-order valence-electron chi connectivity index (χ2n) is 5.75. The summed E-state index contributed by atoms with van der Waals surface area (Å²) in [4.78, 5) is 0. The van der Waals surface area contributed by atoms with E-state index >= 15 is 0 Å². The van der Waals surface area contributed by atoms with Crippen LogP contribution in [0.4, 0.5) is 5.69 Å². The number of para-hydroxylation sites is 1. The van der Waals surface area contributed by atoms with Crippen molar-refractivity contribution in [1.82, 2.24) is 0 Å². The lowest BCUT2D eigenvalue weighted by Crippen LogP contribution is -2.17. The topological polar surface area (TPSA) is 32.3 Å². The molecule has 2 atom stereocenters. The minimum Gasteiger partial charge on any atom is -0.507 e. The average Bonchev–Trinajstić information content (AvgIpc) is 2.93. The third kappa shape index (κ3) is 1.31. The van der Waals surface area contributed by atoms with Gasteiger partial charge in [-0.15, -0.1) is 0 Å². The minimum absolute atomic E-state index is 0.448. The van der Waals surface area contributed by atoms with Gasteiger partial charge >= 0.3 is 0 Å². The van der Waals surface area contributed by atoms with E-state index in [-0.39, 0.29) is 0 Å². The van der Waals surface area contributed by atoms with Gasteiger partial charge < -0.3 is 10.4 Å². The van der Waals surface area contributed by atoms with Crippen molar-refractivity contribution in [1.29, 1.82) is 0 Å². The van der Waals surface area contributed by atoms with E-state index < -0.39 is 0 Å². The predicted molar refractivity (Wildman–Crippen MR) is 77.0 cm³/mol. The van der Waals surface area contributed by atoms with Gasteiger partial charge in [-0.2, -0.15) is 0 Å². The number of aromatic hydroxyl groups is 1. The SMILES string of the molecule is Cc1cc2c(c(C)c1O)CC1Nc3ccccc3C21. The van der Waals surface area contributed by atoms with E-state index in [1.165, 1.54) is 22.4 Å². The summed E-state index contributed by atoms with van der Waals surface area (Å²) < 4.78 is 0. The summed E-state index contributed by atoms with van der Waals surface area (Å²) >= 11 is 0. The molecule has 2 aliphatic rings. The van der Waals surface area contributed by atoms with Gasteiger partial charge in [0.2, 0.25) is 0 Å². The Morgan fingerprint density at radius 1 is 1.16 bits per heavy atom. The van der Waals surface area contributed by atoms with E-state index in [1.54, 1.807) is 0 Å². The molecule has 96 valence electrons. The van der Waals surface area contributed by atoms with Crippen LogP contribution in [0.1, 0.15) is 33.7 Å². The number of phenols is 1. The second-order valence-corrected chi connectivity index (χ2v) is 5.75. The molecule has 2 aromatic carbocycles. The van der Waals surface area contributed by atoms with Gasteiger partial charge in [0.25, 0.3) is 0 Å². The van der Waals surface area contributed by atoms with Crippen molar-refractivity contribution in [2.75, 3.05) is 5.32 Å². The third-order valence-electron chi connectivity index (χ3n) is 4.70. The fourth-order valence-electron chi connectivity index (χ4n) is 3.76. The molecule has 2 nitrogen and oxygen atoms in total. The Morgan fingerprint density at radius 2 is 1.95 bits per heavy atom. The summed E-state index contributed by atoms with van der Waals surface area (Å²) in [5.41, 5.74) is 7.45. The molecule has 0 bridgehead atoms. The van der Waals surface area contributed by atoms with Crippen LogP contribution in [0, 0.1) is 13.8 Å². The van der Waals surface area contributed by atoms with E-state index in [0.29, 0.717) is 17.7 Å². The molecule has 0 spiro atoms. The van der Waals surface area contributed by atoms with Crippen molar-refractivity contribution in [3.05, 3.63) is 58.1 Å². The van der Waals surface area contributed by atoms with Gasteiger partial charge in [-0.05, 0) is 54.2 Å². The monoisotopic (exact) mass is 251 g/mol. The van der Waals surface area contributed by atoms with Crippen LogP contribution in [0.15, 0.2) is 30.3 Å². The Kier molecular flexibility index (Phi) is 2.03. The minimum atomic E-state index is 0.448. The highest BCUT2D eigenvalue weighted by molar-refractivity contribution is 5.67. The van der Waals surface area contributed by atoms with Gasteiger partial charge in [-0.25, -0.2) is 0 Å². The molecular formula is C17H17NO. The van der Waals surface area contributed by atoms with Gasteiger partial charge in [-0.1, -0.05) is 24.3 Å². The number of benzene rings is 2. The van der Waals surface area contributed by atoms with Crippen molar-refractivity contribution < 1.29 is 5.11 Å². The van der Waals surface area contributed by atoms with E-state index in [0.717, 1.165) is 17.5 Å². The Labute approximate surface area is 113 Å². The molecule has 19 heavy (non-hydrogen) atoms. The molecule has 0 amide bonds. The number of hydrogen-bond acceptors (Lipinski definition) is 2. The number of rotatable bonds is 0. The number of nitrogens with one attached hydrogen (secondary N) is 1. The largest absolute Gasteiger partial charge is 0.507 e. The molecule has 2 N–H and O–H groups in total. The lowest BCUT2D eigenvalue weighted by molar-refractivity contribution is 0.466. The van der Waals surface area contributed by atoms with Crippen LogP contribution in [0.5, 0.6) is 5.75 Å². The smallest absolute Gasteiger partial charge is 0.121 e. The fraction of sp³-hybridized carbons (Fsp3) is 0.294. The maximum atomic E-state index is 10.1. The maximum Gasteiger partial charge on any atom is 0.121 e. The second kappa shape index (κ2) is 3.53. The first-order valence-electron chi connectivity index (χ1n) is 6.84. The number of fused-ring (bicyclic) bond motifs is 5. The van der Waals surface area contributed by atoms with Crippen LogP contribution in [-0.4, -0.2) is 11.1 Å². The summed E-state index contributed by atoms with van der Waals surface area (Å²) in [6.45, 7) is 4.03. The summed E-state index contributed by atoms with van der Waals surface area (Å²) in [7, 11) is 0. The van der Waals surface area contributed by atoms with E-state index in [2.05, 4.69) is 35.6 Å². The highest BCUT2D eigenvalue weighted by Crippen LogP contribution is 2.49. The lowest BCUT2D eigenvalue weighted by atomic mass is 9.90. The molecule has 0 saturated heterocycles. The first-order valence-corrected chi connectivity index (χ1v) is 6.84. The summed E-state index contributed by atoms with van der Waals surface area (Å²) in [6.07, 6.45) is 1.01. The fourth-order valence-corrected chi connectivity index (χ4v) is 3.76. The highest BCUT2D eigenvalue weighted by atomic mass is 16.3. The zero-order valence-corrected chi connectivity index (χ0v) is 11.2. The van der Waals surface area contributed by atoms with Gasteiger partial charge in [0, 0.05) is 17.6 Å². The zero-order chi connectivity index (χ0) is 13.1. The number of hydrogen-bond donors (Lipinski definition) is 2. The van der Waals surface area contributed by atoms with Gasteiger partial charge in [-0.3, -0.25) is 0 Å². The molecule has 1 heterocycles. The Morgan fingerprint density at radius 3 is 2.79 bits per heavy atom. The Bertz CT molecular complexity index is 690. The maximum absolute atomic E-state index is 10.1. The average molecular weight is 251 g/mol. The normalized spacial score (nSPS) is 22.6. The predicted octanol–water partition coefficient (Wildman–Crippen LogP) is 3.49. The standard InChI is InChI=1S/C17H17NO/c1-9-7-13-12(10(2)17(9)19)8-15-16(13)11-5-3-4-6-14(11)18-15/h3-7,15-16,18-19H,8H2,1-2H3. The third-order valence-corrected chi connectivity index (χ3v) is 4.70. The van der Waals surface area contributed by atoms with Crippen LogP contribution < -0.4 is 5.32 Å². The quantitative estimate of drug-likeness (QED) is 0.751. The van der Waals surface area contributed by atoms with E-state index in [1.807, 2.05) is 13.8 Å². The molecule has 0 radical (unpaired) electrons. The molecule has 2 aromatic rings.